The van der Waals surface area contributed by atoms with Crippen LogP contribution in [-0.2, 0) is 16.1 Å². The van der Waals surface area contributed by atoms with E-state index in [0.29, 0.717) is 31.7 Å². The summed E-state index contributed by atoms with van der Waals surface area (Å²) in [5.41, 5.74) is 1.59. The van der Waals surface area contributed by atoms with Crippen LogP contribution in [0.15, 0.2) is 36.7 Å². The van der Waals surface area contributed by atoms with Crippen molar-refractivity contribution in [2.24, 2.45) is 0 Å². The van der Waals surface area contributed by atoms with Gasteiger partial charge in [0.25, 0.3) is 0 Å². The van der Waals surface area contributed by atoms with Crippen LogP contribution >= 0.6 is 0 Å². The minimum Gasteiger partial charge on any atom is -0.385 e. The second-order valence-electron chi connectivity index (χ2n) is 4.70. The van der Waals surface area contributed by atoms with Gasteiger partial charge in [-0.3, -0.25) is 9.48 Å². The molecule has 0 aliphatic carbocycles. The van der Waals surface area contributed by atoms with E-state index in [-0.39, 0.29) is 11.7 Å². The highest BCUT2D eigenvalue weighted by atomic mass is 19.1. The van der Waals surface area contributed by atoms with Crippen LogP contribution in [0.1, 0.15) is 18.4 Å². The lowest BCUT2D eigenvalue weighted by Crippen LogP contribution is -2.11. The summed E-state index contributed by atoms with van der Waals surface area (Å²) in [6.45, 7) is 1.09. The first kappa shape index (κ1) is 15.2. The standard InChI is InChI=1S/C15H18FN3O2/c1-21-8-2-3-15(20)18-14-9-17-19(11-14)10-12-4-6-13(16)7-5-12/h4-7,9,11H,2-3,8,10H2,1H3,(H,18,20). The molecule has 5 nitrogen and oxygen atoms in total. The molecule has 0 bridgehead atoms. The van der Waals surface area contributed by atoms with E-state index in [1.807, 2.05) is 0 Å². The zero-order valence-corrected chi connectivity index (χ0v) is 11.9. The molecular formula is C15H18FN3O2. The number of amides is 1. The maximum absolute atomic E-state index is 12.8. The van der Waals surface area contributed by atoms with Gasteiger partial charge in [-0.15, -0.1) is 0 Å². The van der Waals surface area contributed by atoms with E-state index in [1.165, 1.54) is 12.1 Å². The lowest BCUT2D eigenvalue weighted by Gasteiger charge is -2.03. The Hall–Kier alpha value is -2.21. The maximum atomic E-state index is 12.8. The first-order valence-corrected chi connectivity index (χ1v) is 6.73. The van der Waals surface area contributed by atoms with Crippen LogP contribution in [0.5, 0.6) is 0 Å². The highest BCUT2D eigenvalue weighted by molar-refractivity contribution is 5.90. The number of methoxy groups -OCH3 is 1. The molecule has 0 saturated heterocycles. The Morgan fingerprint density at radius 1 is 1.38 bits per heavy atom. The molecule has 0 spiro atoms. The van der Waals surface area contributed by atoms with Crippen LogP contribution < -0.4 is 5.32 Å². The van der Waals surface area contributed by atoms with Gasteiger partial charge in [0.05, 0.1) is 18.4 Å². The lowest BCUT2D eigenvalue weighted by molar-refractivity contribution is -0.116. The van der Waals surface area contributed by atoms with Gasteiger partial charge in [0.15, 0.2) is 0 Å². The van der Waals surface area contributed by atoms with Crippen LogP contribution in [0.25, 0.3) is 0 Å². The van der Waals surface area contributed by atoms with E-state index < -0.39 is 0 Å². The van der Waals surface area contributed by atoms with Gasteiger partial charge in [0, 0.05) is 26.3 Å². The Balaban J connectivity index is 1.86. The molecule has 1 N–H and O–H groups in total. The van der Waals surface area contributed by atoms with E-state index >= 15 is 0 Å². The molecule has 21 heavy (non-hydrogen) atoms. The SMILES string of the molecule is COCCCC(=O)Nc1cnn(Cc2ccc(F)cc2)c1. The number of hydrogen-bond acceptors (Lipinski definition) is 3. The summed E-state index contributed by atoms with van der Waals surface area (Å²) in [5.74, 6) is -0.323. The Morgan fingerprint density at radius 3 is 2.86 bits per heavy atom. The molecule has 0 saturated carbocycles. The van der Waals surface area contributed by atoms with Crippen LogP contribution in [0, 0.1) is 5.82 Å². The molecule has 0 atom stereocenters. The van der Waals surface area contributed by atoms with Crippen molar-refractivity contribution < 1.29 is 13.9 Å². The molecule has 2 aromatic rings. The monoisotopic (exact) mass is 291 g/mol. The minimum absolute atomic E-state index is 0.0617. The van der Waals surface area contributed by atoms with Gasteiger partial charge in [0.1, 0.15) is 5.82 Å². The van der Waals surface area contributed by atoms with Crippen LogP contribution in [0.4, 0.5) is 10.1 Å². The number of aromatic nitrogens is 2. The van der Waals surface area contributed by atoms with E-state index in [0.717, 1.165) is 5.56 Å². The molecule has 0 unspecified atom stereocenters. The molecule has 1 aromatic carbocycles. The normalized spacial score (nSPS) is 10.6. The molecule has 112 valence electrons. The Bertz CT molecular complexity index is 581. The van der Waals surface area contributed by atoms with E-state index in [2.05, 4.69) is 10.4 Å². The summed E-state index contributed by atoms with van der Waals surface area (Å²) < 4.78 is 19.4. The van der Waals surface area contributed by atoms with E-state index in [4.69, 9.17) is 4.74 Å². The van der Waals surface area contributed by atoms with Crippen molar-refractivity contribution >= 4 is 11.6 Å². The number of nitrogens with one attached hydrogen (secondary N) is 1. The summed E-state index contributed by atoms with van der Waals surface area (Å²) in [7, 11) is 1.61. The van der Waals surface area contributed by atoms with Crippen molar-refractivity contribution in [3.05, 3.63) is 48.0 Å². The van der Waals surface area contributed by atoms with Crippen molar-refractivity contribution in [3.63, 3.8) is 0 Å². The van der Waals surface area contributed by atoms with E-state index in [9.17, 15) is 9.18 Å². The molecule has 6 heteroatoms. The largest absolute Gasteiger partial charge is 0.385 e. The summed E-state index contributed by atoms with van der Waals surface area (Å²) in [6, 6.07) is 6.24. The number of carbonyl (C=O) groups excluding carboxylic acids is 1. The van der Waals surface area contributed by atoms with Crippen LogP contribution in [0.2, 0.25) is 0 Å². The van der Waals surface area contributed by atoms with Crippen molar-refractivity contribution in [2.45, 2.75) is 19.4 Å². The summed E-state index contributed by atoms with van der Waals surface area (Å²) in [6.07, 6.45) is 4.44. The predicted octanol–water partition coefficient (Wildman–Crippen LogP) is 2.44. The molecule has 2 rings (SSSR count). The van der Waals surface area contributed by atoms with E-state index in [1.54, 1.807) is 36.3 Å². The fraction of sp³-hybridized carbons (Fsp3) is 0.333. The molecule has 0 aliphatic rings. The van der Waals surface area contributed by atoms with Crippen LogP contribution in [-0.4, -0.2) is 29.4 Å². The minimum atomic E-state index is -0.261. The number of hydrogen-bond donors (Lipinski definition) is 1. The lowest BCUT2D eigenvalue weighted by atomic mass is 10.2. The third-order valence-corrected chi connectivity index (χ3v) is 2.93. The van der Waals surface area contributed by atoms with Crippen molar-refractivity contribution in [1.29, 1.82) is 0 Å². The summed E-state index contributed by atoms with van der Waals surface area (Å²) in [4.78, 5) is 11.6. The number of ether oxygens (including phenoxy) is 1. The maximum Gasteiger partial charge on any atom is 0.224 e. The first-order valence-electron chi connectivity index (χ1n) is 6.73. The Kier molecular flexibility index (Phi) is 5.45. The van der Waals surface area contributed by atoms with Gasteiger partial charge in [-0.2, -0.15) is 5.10 Å². The quantitative estimate of drug-likeness (QED) is 0.797. The smallest absolute Gasteiger partial charge is 0.224 e. The molecule has 0 fully saturated rings. The topological polar surface area (TPSA) is 56.1 Å². The van der Waals surface area contributed by atoms with Gasteiger partial charge >= 0.3 is 0 Å². The molecule has 0 aliphatic heterocycles. The van der Waals surface area contributed by atoms with Crippen molar-refractivity contribution in [1.82, 2.24) is 9.78 Å². The third-order valence-electron chi connectivity index (χ3n) is 2.93. The number of rotatable bonds is 7. The zero-order valence-electron chi connectivity index (χ0n) is 11.9. The third kappa shape index (κ3) is 5.00. The fourth-order valence-corrected chi connectivity index (χ4v) is 1.89. The number of anilines is 1. The predicted molar refractivity (Wildman–Crippen MR) is 77.5 cm³/mol. The molecular weight excluding hydrogens is 273 g/mol. The molecule has 1 aromatic heterocycles. The highest BCUT2D eigenvalue weighted by Gasteiger charge is 2.05. The average Bonchev–Trinajstić information content (AvgIpc) is 2.89. The van der Waals surface area contributed by atoms with Crippen LogP contribution in [0.3, 0.4) is 0 Å². The van der Waals surface area contributed by atoms with Crippen molar-refractivity contribution in [3.8, 4) is 0 Å². The van der Waals surface area contributed by atoms with Gasteiger partial charge < -0.3 is 10.1 Å². The van der Waals surface area contributed by atoms with Gasteiger partial charge in [0.2, 0.25) is 5.91 Å². The van der Waals surface area contributed by atoms with Gasteiger partial charge in [-0.1, -0.05) is 12.1 Å². The van der Waals surface area contributed by atoms with Gasteiger partial charge in [-0.05, 0) is 24.1 Å². The molecule has 1 amide bonds. The van der Waals surface area contributed by atoms with Gasteiger partial charge in [-0.25, -0.2) is 4.39 Å². The van der Waals surface area contributed by atoms with Crippen molar-refractivity contribution in [2.75, 3.05) is 19.0 Å². The second-order valence-corrected chi connectivity index (χ2v) is 4.70. The number of benzene rings is 1. The Labute approximate surface area is 122 Å². The zero-order chi connectivity index (χ0) is 15.1. The number of carbonyl (C=O) groups is 1. The first-order chi connectivity index (χ1) is 10.2. The molecule has 0 radical (unpaired) electrons. The highest BCUT2D eigenvalue weighted by Crippen LogP contribution is 2.09. The number of nitrogens with zero attached hydrogens (tertiary/aromatic N) is 2. The second kappa shape index (κ2) is 7.54. The average molecular weight is 291 g/mol. The number of halogens is 1. The fourth-order valence-electron chi connectivity index (χ4n) is 1.89. The summed E-state index contributed by atoms with van der Waals surface area (Å²) in [5, 5.41) is 6.95. The Morgan fingerprint density at radius 2 is 2.14 bits per heavy atom. The molecule has 1 heterocycles. The summed E-state index contributed by atoms with van der Waals surface area (Å²) >= 11 is 0.